The van der Waals surface area contributed by atoms with Gasteiger partial charge in [0.2, 0.25) is 0 Å². The molecule has 1 fully saturated rings. The van der Waals surface area contributed by atoms with E-state index >= 15 is 0 Å². The number of pyridine rings is 1. The predicted octanol–water partition coefficient (Wildman–Crippen LogP) is 4.63. The van der Waals surface area contributed by atoms with Gasteiger partial charge < -0.3 is 9.42 Å². The minimum atomic E-state index is 0.0816. The molecule has 1 amide bonds. The molecule has 136 valence electrons. The highest BCUT2D eigenvalue weighted by molar-refractivity contribution is 5.97. The van der Waals surface area contributed by atoms with Crippen LogP contribution in [0.1, 0.15) is 75.9 Å². The Kier molecular flexibility index (Phi) is 5.11. The highest BCUT2D eigenvalue weighted by Gasteiger charge is 2.30. The van der Waals surface area contributed by atoms with Crippen molar-refractivity contribution in [3.8, 4) is 0 Å². The third kappa shape index (κ3) is 3.55. The van der Waals surface area contributed by atoms with E-state index in [9.17, 15) is 4.79 Å². The minimum absolute atomic E-state index is 0.0816. The Labute approximate surface area is 149 Å². The van der Waals surface area contributed by atoms with Crippen molar-refractivity contribution in [3.05, 3.63) is 23.5 Å². The van der Waals surface area contributed by atoms with Gasteiger partial charge >= 0.3 is 0 Å². The Morgan fingerprint density at radius 3 is 2.68 bits per heavy atom. The van der Waals surface area contributed by atoms with Crippen LogP contribution in [-0.4, -0.2) is 33.5 Å². The van der Waals surface area contributed by atoms with Crippen LogP contribution in [0.5, 0.6) is 0 Å². The van der Waals surface area contributed by atoms with Gasteiger partial charge in [0, 0.05) is 18.8 Å². The smallest absolute Gasteiger partial charge is 0.257 e. The van der Waals surface area contributed by atoms with E-state index in [0.717, 1.165) is 30.5 Å². The van der Waals surface area contributed by atoms with E-state index in [-0.39, 0.29) is 11.8 Å². The maximum Gasteiger partial charge on any atom is 0.257 e. The van der Waals surface area contributed by atoms with Gasteiger partial charge in [0.1, 0.15) is 0 Å². The molecule has 0 radical (unpaired) electrons. The fraction of sp³-hybridized carbons (Fsp3) is 0.650. The number of carbonyl (C=O) groups excluding carboxylic acids is 1. The number of amides is 1. The quantitative estimate of drug-likeness (QED) is 0.815. The first-order valence-electron chi connectivity index (χ1n) is 9.44. The van der Waals surface area contributed by atoms with Gasteiger partial charge in [-0.15, -0.1) is 0 Å². The molecule has 2 atom stereocenters. The Balaban J connectivity index is 1.95. The van der Waals surface area contributed by atoms with Crippen LogP contribution >= 0.6 is 0 Å². The normalized spacial score (nSPS) is 22.0. The molecule has 25 heavy (non-hydrogen) atoms. The number of carbonyl (C=O) groups is 1. The van der Waals surface area contributed by atoms with Gasteiger partial charge in [-0.05, 0) is 43.1 Å². The van der Waals surface area contributed by atoms with Crippen molar-refractivity contribution in [3.63, 3.8) is 0 Å². The summed E-state index contributed by atoms with van der Waals surface area (Å²) in [6, 6.07) is 2.20. The number of hydrogen-bond acceptors (Lipinski definition) is 4. The largest absolute Gasteiger partial charge is 0.336 e. The molecule has 0 N–H and O–H groups in total. The molecule has 0 saturated carbocycles. The SMILES string of the molecule is CC1CCC(C(C)C)N(C(=O)c2cnc3onc(C(C)C)c3c2)CC1. The third-order valence-electron chi connectivity index (χ3n) is 5.40. The highest BCUT2D eigenvalue weighted by atomic mass is 16.5. The second-order valence-electron chi connectivity index (χ2n) is 8.08. The Hall–Kier alpha value is -1.91. The van der Waals surface area contributed by atoms with E-state index in [1.807, 2.05) is 6.07 Å². The predicted molar refractivity (Wildman–Crippen MR) is 98.6 cm³/mol. The number of nitrogens with zero attached hydrogens (tertiary/aromatic N) is 3. The molecule has 3 rings (SSSR count). The van der Waals surface area contributed by atoms with Gasteiger partial charge in [-0.1, -0.05) is 39.8 Å². The van der Waals surface area contributed by atoms with Gasteiger partial charge in [0.15, 0.2) is 0 Å². The number of rotatable bonds is 3. The van der Waals surface area contributed by atoms with Crippen molar-refractivity contribution in [2.45, 2.75) is 65.8 Å². The van der Waals surface area contributed by atoms with Crippen LogP contribution in [0.4, 0.5) is 0 Å². The lowest BCUT2D eigenvalue weighted by molar-refractivity contribution is 0.0631. The summed E-state index contributed by atoms with van der Waals surface area (Å²) >= 11 is 0. The molecule has 0 spiro atoms. The van der Waals surface area contributed by atoms with E-state index in [1.165, 1.54) is 6.42 Å². The molecule has 5 nitrogen and oxygen atoms in total. The average Bonchev–Trinajstić information content (AvgIpc) is 2.89. The zero-order valence-corrected chi connectivity index (χ0v) is 16.0. The van der Waals surface area contributed by atoms with Crippen LogP contribution in [0.25, 0.3) is 11.1 Å². The maximum absolute atomic E-state index is 13.3. The summed E-state index contributed by atoms with van der Waals surface area (Å²) in [5, 5.41) is 4.97. The average molecular weight is 343 g/mol. The van der Waals surface area contributed by atoms with Crippen molar-refractivity contribution in [1.29, 1.82) is 0 Å². The van der Waals surface area contributed by atoms with Gasteiger partial charge in [0.25, 0.3) is 11.6 Å². The highest BCUT2D eigenvalue weighted by Crippen LogP contribution is 2.29. The Morgan fingerprint density at radius 2 is 2.00 bits per heavy atom. The molecule has 0 bridgehead atoms. The molecular weight excluding hydrogens is 314 g/mol. The lowest BCUT2D eigenvalue weighted by atomic mass is 9.95. The molecule has 1 aliphatic rings. The first-order chi connectivity index (χ1) is 11.9. The zero-order valence-electron chi connectivity index (χ0n) is 16.0. The maximum atomic E-state index is 13.3. The van der Waals surface area contributed by atoms with Crippen molar-refractivity contribution in [2.75, 3.05) is 6.54 Å². The van der Waals surface area contributed by atoms with E-state index < -0.39 is 0 Å². The van der Waals surface area contributed by atoms with Crippen LogP contribution in [0.3, 0.4) is 0 Å². The molecule has 2 aromatic heterocycles. The van der Waals surface area contributed by atoms with Crippen LogP contribution in [0, 0.1) is 11.8 Å². The molecular formula is C20H29N3O2. The molecule has 2 unspecified atom stereocenters. The summed E-state index contributed by atoms with van der Waals surface area (Å²) in [6.45, 7) is 11.7. The first-order valence-corrected chi connectivity index (χ1v) is 9.44. The summed E-state index contributed by atoms with van der Waals surface area (Å²) in [5.41, 5.74) is 2.00. The fourth-order valence-electron chi connectivity index (χ4n) is 3.78. The van der Waals surface area contributed by atoms with Crippen molar-refractivity contribution in [2.24, 2.45) is 11.8 Å². The van der Waals surface area contributed by atoms with Crippen LogP contribution in [0.15, 0.2) is 16.8 Å². The van der Waals surface area contributed by atoms with Crippen LogP contribution in [0.2, 0.25) is 0 Å². The van der Waals surface area contributed by atoms with Crippen molar-refractivity contribution in [1.82, 2.24) is 15.0 Å². The fourth-order valence-corrected chi connectivity index (χ4v) is 3.78. The summed E-state index contributed by atoms with van der Waals surface area (Å²) in [6.07, 6.45) is 4.96. The Morgan fingerprint density at radius 1 is 1.24 bits per heavy atom. The van der Waals surface area contributed by atoms with Gasteiger partial charge in [-0.25, -0.2) is 4.98 Å². The third-order valence-corrected chi connectivity index (χ3v) is 5.40. The summed E-state index contributed by atoms with van der Waals surface area (Å²) in [4.78, 5) is 19.7. The minimum Gasteiger partial charge on any atom is -0.336 e. The van der Waals surface area contributed by atoms with Crippen LogP contribution < -0.4 is 0 Å². The zero-order chi connectivity index (χ0) is 18.1. The number of fused-ring (bicyclic) bond motifs is 1. The lowest BCUT2D eigenvalue weighted by Crippen LogP contribution is -2.43. The molecule has 2 aromatic rings. The van der Waals surface area contributed by atoms with Crippen molar-refractivity contribution < 1.29 is 9.32 Å². The second kappa shape index (κ2) is 7.14. The second-order valence-corrected chi connectivity index (χ2v) is 8.08. The summed E-state index contributed by atoms with van der Waals surface area (Å²) in [7, 11) is 0. The van der Waals surface area contributed by atoms with E-state index in [2.05, 4.69) is 49.7 Å². The van der Waals surface area contributed by atoms with Gasteiger partial charge in [-0.3, -0.25) is 4.79 Å². The van der Waals surface area contributed by atoms with Crippen LogP contribution in [-0.2, 0) is 0 Å². The van der Waals surface area contributed by atoms with E-state index in [0.29, 0.717) is 29.2 Å². The standard InChI is InChI=1S/C20H29N3O2/c1-12(2)17-7-6-14(5)8-9-23(17)20(24)15-10-16-18(13(3)4)22-25-19(16)21-11-15/h10-14,17H,6-9H2,1-5H3. The lowest BCUT2D eigenvalue weighted by Gasteiger charge is -2.33. The molecule has 1 saturated heterocycles. The van der Waals surface area contributed by atoms with Crippen molar-refractivity contribution >= 4 is 17.0 Å². The summed E-state index contributed by atoms with van der Waals surface area (Å²) in [5.74, 6) is 1.44. The molecule has 3 heterocycles. The topological polar surface area (TPSA) is 59.2 Å². The van der Waals surface area contributed by atoms with E-state index in [4.69, 9.17) is 4.52 Å². The molecule has 5 heteroatoms. The van der Waals surface area contributed by atoms with Gasteiger partial charge in [0.05, 0.1) is 16.6 Å². The van der Waals surface area contributed by atoms with Gasteiger partial charge in [-0.2, -0.15) is 0 Å². The molecule has 1 aliphatic heterocycles. The number of aromatic nitrogens is 2. The summed E-state index contributed by atoms with van der Waals surface area (Å²) < 4.78 is 5.30. The number of likely N-dealkylation sites (tertiary alicyclic amines) is 1. The molecule has 0 aliphatic carbocycles. The monoisotopic (exact) mass is 343 g/mol. The number of hydrogen-bond donors (Lipinski definition) is 0. The van der Waals surface area contributed by atoms with E-state index in [1.54, 1.807) is 6.20 Å². The first kappa shape index (κ1) is 17.9. The Bertz CT molecular complexity index is 750. The molecule has 0 aromatic carbocycles.